The van der Waals surface area contributed by atoms with Gasteiger partial charge in [0.25, 0.3) is 0 Å². The average molecular weight is 246 g/mol. The molecule has 0 aliphatic carbocycles. The van der Waals surface area contributed by atoms with E-state index in [1.807, 2.05) is 0 Å². The normalized spacial score (nSPS) is 19.2. The molecule has 18 heavy (non-hydrogen) atoms. The molecule has 1 aliphatic heterocycles. The Bertz CT molecular complexity index is 417. The van der Waals surface area contributed by atoms with Crippen molar-refractivity contribution < 1.29 is 0 Å². The zero-order valence-corrected chi connectivity index (χ0v) is 12.2. The first kappa shape index (κ1) is 13.6. The van der Waals surface area contributed by atoms with Crippen LogP contribution in [0.2, 0.25) is 0 Å². The van der Waals surface area contributed by atoms with Crippen molar-refractivity contribution in [3.8, 4) is 0 Å². The molecule has 100 valence electrons. The van der Waals surface area contributed by atoms with Crippen LogP contribution in [0, 0.1) is 13.8 Å². The van der Waals surface area contributed by atoms with Gasteiger partial charge in [0, 0.05) is 11.6 Å². The molecule has 1 saturated heterocycles. The Morgan fingerprint density at radius 2 is 1.78 bits per heavy atom. The number of nitrogens with two attached hydrogens (primary N) is 1. The summed E-state index contributed by atoms with van der Waals surface area (Å²) >= 11 is 0. The monoisotopic (exact) mass is 246 g/mol. The van der Waals surface area contributed by atoms with Crippen LogP contribution in [0.5, 0.6) is 0 Å². The first-order valence-corrected chi connectivity index (χ1v) is 7.01. The molecule has 1 atom stereocenters. The fourth-order valence-corrected chi connectivity index (χ4v) is 2.98. The van der Waals surface area contributed by atoms with Gasteiger partial charge in [-0.2, -0.15) is 0 Å². The Labute approximate surface area is 111 Å². The van der Waals surface area contributed by atoms with Crippen molar-refractivity contribution >= 4 is 0 Å². The highest BCUT2D eigenvalue weighted by molar-refractivity contribution is 5.36. The third-order valence-electron chi connectivity index (χ3n) is 4.66. The van der Waals surface area contributed by atoms with E-state index in [1.54, 1.807) is 0 Å². The molecule has 1 aromatic carbocycles. The van der Waals surface area contributed by atoms with Crippen LogP contribution in [0.15, 0.2) is 18.2 Å². The van der Waals surface area contributed by atoms with Crippen molar-refractivity contribution in [2.75, 3.05) is 13.1 Å². The van der Waals surface area contributed by atoms with Gasteiger partial charge in [0.15, 0.2) is 0 Å². The summed E-state index contributed by atoms with van der Waals surface area (Å²) in [5.41, 5.74) is 10.6. The maximum atomic E-state index is 6.58. The van der Waals surface area contributed by atoms with E-state index < -0.39 is 0 Å². The van der Waals surface area contributed by atoms with Gasteiger partial charge in [0.1, 0.15) is 0 Å². The lowest BCUT2D eigenvalue weighted by Crippen LogP contribution is -2.50. The Morgan fingerprint density at radius 1 is 1.17 bits per heavy atom. The van der Waals surface area contributed by atoms with Gasteiger partial charge in [-0.3, -0.25) is 4.90 Å². The molecule has 0 amide bonds. The van der Waals surface area contributed by atoms with Crippen LogP contribution in [-0.2, 0) is 0 Å². The number of rotatable bonds is 3. The van der Waals surface area contributed by atoms with Crippen LogP contribution in [0.1, 0.15) is 49.4 Å². The molecule has 0 saturated carbocycles. The van der Waals surface area contributed by atoms with Crippen molar-refractivity contribution in [2.24, 2.45) is 5.73 Å². The summed E-state index contributed by atoms with van der Waals surface area (Å²) in [5.74, 6) is 0. The molecule has 1 fully saturated rings. The predicted octanol–water partition coefficient (Wildman–Crippen LogP) is 3.18. The molecular formula is C16H26N2. The molecule has 2 rings (SSSR count). The number of benzene rings is 1. The topological polar surface area (TPSA) is 29.3 Å². The fourth-order valence-electron chi connectivity index (χ4n) is 2.98. The van der Waals surface area contributed by atoms with Crippen molar-refractivity contribution in [1.82, 2.24) is 4.90 Å². The van der Waals surface area contributed by atoms with E-state index in [4.69, 9.17) is 5.73 Å². The van der Waals surface area contributed by atoms with Crippen LogP contribution in [0.3, 0.4) is 0 Å². The van der Waals surface area contributed by atoms with E-state index in [9.17, 15) is 0 Å². The molecule has 1 unspecified atom stereocenters. The van der Waals surface area contributed by atoms with Crippen molar-refractivity contribution in [2.45, 2.75) is 52.1 Å². The minimum Gasteiger partial charge on any atom is -0.322 e. The number of nitrogens with zero attached hydrogens (tertiary/aromatic N) is 1. The van der Waals surface area contributed by atoms with Crippen LogP contribution < -0.4 is 5.73 Å². The van der Waals surface area contributed by atoms with Crippen LogP contribution >= 0.6 is 0 Å². The molecule has 0 radical (unpaired) electrons. The first-order chi connectivity index (χ1) is 8.44. The van der Waals surface area contributed by atoms with Gasteiger partial charge >= 0.3 is 0 Å². The minimum atomic E-state index is 0.0368. The largest absolute Gasteiger partial charge is 0.322 e. The molecule has 2 N–H and O–H groups in total. The molecule has 1 aromatic rings. The second kappa shape index (κ2) is 5.02. The summed E-state index contributed by atoms with van der Waals surface area (Å²) in [5, 5.41) is 0. The molecule has 0 spiro atoms. The summed E-state index contributed by atoms with van der Waals surface area (Å²) in [6, 6.07) is 6.55. The smallest absolute Gasteiger partial charge is 0.0479 e. The third-order valence-corrected chi connectivity index (χ3v) is 4.66. The highest BCUT2D eigenvalue weighted by atomic mass is 15.2. The molecule has 2 nitrogen and oxygen atoms in total. The van der Waals surface area contributed by atoms with Crippen molar-refractivity contribution in [3.05, 3.63) is 34.9 Å². The lowest BCUT2D eigenvalue weighted by molar-refractivity contribution is 0.124. The van der Waals surface area contributed by atoms with Gasteiger partial charge in [0.2, 0.25) is 0 Å². The molecule has 1 aliphatic rings. The Morgan fingerprint density at radius 3 is 2.39 bits per heavy atom. The Kier molecular flexibility index (Phi) is 3.79. The SMILES string of the molecule is Cc1cccc(C(N)C(C)(C)N2CCCC2)c1C. The zero-order chi connectivity index (χ0) is 13.3. The summed E-state index contributed by atoms with van der Waals surface area (Å²) in [4.78, 5) is 2.54. The van der Waals surface area contributed by atoms with E-state index in [0.29, 0.717) is 0 Å². The summed E-state index contributed by atoms with van der Waals surface area (Å²) < 4.78 is 0. The standard InChI is InChI=1S/C16H26N2/c1-12-8-7-9-14(13(12)2)15(17)16(3,4)18-10-5-6-11-18/h7-9,15H,5-6,10-11,17H2,1-4H3. The number of aryl methyl sites for hydroxylation is 1. The lowest BCUT2D eigenvalue weighted by atomic mass is 9.85. The first-order valence-electron chi connectivity index (χ1n) is 7.01. The second-order valence-electron chi connectivity index (χ2n) is 6.11. The highest BCUT2D eigenvalue weighted by Crippen LogP contribution is 2.33. The van der Waals surface area contributed by atoms with Crippen molar-refractivity contribution in [1.29, 1.82) is 0 Å². The molecule has 2 heteroatoms. The quantitative estimate of drug-likeness (QED) is 0.887. The number of hydrogen-bond acceptors (Lipinski definition) is 2. The molecule has 0 bridgehead atoms. The molecule has 0 aromatic heterocycles. The maximum Gasteiger partial charge on any atom is 0.0479 e. The van der Waals surface area contributed by atoms with E-state index in [0.717, 1.165) is 0 Å². The number of hydrogen-bond donors (Lipinski definition) is 1. The Hall–Kier alpha value is -0.860. The summed E-state index contributed by atoms with van der Waals surface area (Å²) in [6.07, 6.45) is 2.62. The second-order valence-corrected chi connectivity index (χ2v) is 6.11. The fraction of sp³-hybridized carbons (Fsp3) is 0.625. The van der Waals surface area contributed by atoms with Gasteiger partial charge in [-0.15, -0.1) is 0 Å². The van der Waals surface area contributed by atoms with E-state index in [-0.39, 0.29) is 11.6 Å². The summed E-state index contributed by atoms with van der Waals surface area (Å²) in [6.45, 7) is 11.3. The van der Waals surface area contributed by atoms with Crippen molar-refractivity contribution in [3.63, 3.8) is 0 Å². The van der Waals surface area contributed by atoms with Gasteiger partial charge < -0.3 is 5.73 Å². The molecular weight excluding hydrogens is 220 g/mol. The zero-order valence-electron chi connectivity index (χ0n) is 12.2. The van der Waals surface area contributed by atoms with Gasteiger partial charge in [0.05, 0.1) is 0 Å². The predicted molar refractivity (Wildman–Crippen MR) is 77.7 cm³/mol. The van der Waals surface area contributed by atoms with E-state index >= 15 is 0 Å². The minimum absolute atomic E-state index is 0.0368. The van der Waals surface area contributed by atoms with E-state index in [2.05, 4.69) is 50.8 Å². The third kappa shape index (κ3) is 2.32. The van der Waals surface area contributed by atoms with E-state index in [1.165, 1.54) is 42.6 Å². The Balaban J connectivity index is 2.29. The molecule has 1 heterocycles. The lowest BCUT2D eigenvalue weighted by Gasteiger charge is -2.41. The van der Waals surface area contributed by atoms with Gasteiger partial charge in [-0.05, 0) is 70.3 Å². The maximum absolute atomic E-state index is 6.58. The van der Waals surface area contributed by atoms with Gasteiger partial charge in [-0.1, -0.05) is 18.2 Å². The number of likely N-dealkylation sites (tertiary alicyclic amines) is 1. The van der Waals surface area contributed by atoms with Crippen LogP contribution in [0.25, 0.3) is 0 Å². The summed E-state index contributed by atoms with van der Waals surface area (Å²) in [7, 11) is 0. The van der Waals surface area contributed by atoms with Crippen LogP contribution in [-0.4, -0.2) is 23.5 Å². The average Bonchev–Trinajstić information content (AvgIpc) is 2.86. The highest BCUT2D eigenvalue weighted by Gasteiger charge is 2.36. The van der Waals surface area contributed by atoms with Crippen LogP contribution in [0.4, 0.5) is 0 Å². The van der Waals surface area contributed by atoms with Gasteiger partial charge in [-0.25, -0.2) is 0 Å².